The molecule has 1 aliphatic rings. The summed E-state index contributed by atoms with van der Waals surface area (Å²) in [5, 5.41) is 3.46. The third kappa shape index (κ3) is 4.48. The number of imidazole rings is 1. The molecule has 2 N–H and O–H groups in total. The van der Waals surface area contributed by atoms with E-state index in [1.54, 1.807) is 0 Å². The van der Waals surface area contributed by atoms with Crippen molar-refractivity contribution in [1.82, 2.24) is 20.2 Å². The van der Waals surface area contributed by atoms with Gasteiger partial charge in [-0.15, -0.1) is 0 Å². The Morgan fingerprint density at radius 2 is 2.18 bits per heavy atom. The maximum Gasteiger partial charge on any atom is 0.103 e. The van der Waals surface area contributed by atoms with Crippen molar-refractivity contribution in [2.45, 2.75) is 39.2 Å². The molecule has 1 saturated heterocycles. The number of aryl methyl sites for hydroxylation is 1. The van der Waals surface area contributed by atoms with Crippen molar-refractivity contribution >= 4 is 0 Å². The zero-order valence-electron chi connectivity index (χ0n) is 10.8. The van der Waals surface area contributed by atoms with Crippen molar-refractivity contribution in [2.75, 3.05) is 26.2 Å². The van der Waals surface area contributed by atoms with Gasteiger partial charge in [-0.3, -0.25) is 0 Å². The molecule has 0 aromatic carbocycles. The molecule has 0 amide bonds. The number of hydrogen-bond donors (Lipinski definition) is 2. The number of rotatable bonds is 6. The van der Waals surface area contributed by atoms with Crippen LogP contribution in [0.25, 0.3) is 0 Å². The fourth-order valence-corrected chi connectivity index (χ4v) is 2.40. The fourth-order valence-electron chi connectivity index (χ4n) is 2.40. The summed E-state index contributed by atoms with van der Waals surface area (Å²) in [5.74, 6) is 0.995. The maximum absolute atomic E-state index is 4.19. The van der Waals surface area contributed by atoms with E-state index >= 15 is 0 Å². The minimum Gasteiger partial charge on any atom is -0.345 e. The molecule has 0 radical (unpaired) electrons. The van der Waals surface area contributed by atoms with Crippen LogP contribution in [0.3, 0.4) is 0 Å². The van der Waals surface area contributed by atoms with E-state index in [9.17, 15) is 0 Å². The van der Waals surface area contributed by atoms with Crippen LogP contribution < -0.4 is 5.32 Å². The summed E-state index contributed by atoms with van der Waals surface area (Å²) in [7, 11) is 0. The minimum absolute atomic E-state index is 0.904. The number of H-pyrrole nitrogens is 1. The lowest BCUT2D eigenvalue weighted by Crippen LogP contribution is -2.32. The highest BCUT2D eigenvalue weighted by Crippen LogP contribution is 2.08. The minimum atomic E-state index is 0.904. The lowest BCUT2D eigenvalue weighted by molar-refractivity contribution is 0.225. The largest absolute Gasteiger partial charge is 0.345 e. The zero-order valence-corrected chi connectivity index (χ0v) is 10.8. The topological polar surface area (TPSA) is 44.0 Å². The predicted octanol–water partition coefficient (Wildman–Crippen LogP) is 1.68. The van der Waals surface area contributed by atoms with Gasteiger partial charge in [0.15, 0.2) is 0 Å². The zero-order chi connectivity index (χ0) is 11.9. The molecular weight excluding hydrogens is 212 g/mol. The van der Waals surface area contributed by atoms with Crippen molar-refractivity contribution in [1.29, 1.82) is 0 Å². The Morgan fingerprint density at radius 3 is 2.88 bits per heavy atom. The van der Waals surface area contributed by atoms with E-state index in [-0.39, 0.29) is 0 Å². The van der Waals surface area contributed by atoms with E-state index in [4.69, 9.17) is 0 Å². The van der Waals surface area contributed by atoms with Gasteiger partial charge in [0.1, 0.15) is 5.82 Å². The Labute approximate surface area is 104 Å². The molecule has 2 rings (SSSR count). The van der Waals surface area contributed by atoms with E-state index in [0.717, 1.165) is 18.9 Å². The fraction of sp³-hybridized carbons (Fsp3) is 0.769. The van der Waals surface area contributed by atoms with Crippen LogP contribution in [-0.2, 0) is 6.54 Å². The Morgan fingerprint density at radius 1 is 1.35 bits per heavy atom. The standard InChI is InChI=1S/C13H24N4/c1-12-15-11-13(16-12)10-14-6-5-9-17-7-3-2-4-8-17/h11,14H,2-10H2,1H3,(H,15,16). The molecule has 1 aliphatic heterocycles. The van der Waals surface area contributed by atoms with E-state index in [1.165, 1.54) is 51.0 Å². The summed E-state index contributed by atoms with van der Waals surface area (Å²) in [6.45, 7) is 7.84. The number of aromatic nitrogens is 2. The summed E-state index contributed by atoms with van der Waals surface area (Å²) in [6, 6.07) is 0. The molecular formula is C13H24N4. The molecule has 1 fully saturated rings. The molecule has 0 aliphatic carbocycles. The highest BCUT2D eigenvalue weighted by molar-refractivity contribution is 4.99. The first kappa shape index (κ1) is 12.6. The monoisotopic (exact) mass is 236 g/mol. The first-order valence-corrected chi connectivity index (χ1v) is 6.78. The Kier molecular flexibility index (Phi) is 5.01. The van der Waals surface area contributed by atoms with Crippen LogP contribution in [0.4, 0.5) is 0 Å². The number of aromatic amines is 1. The molecule has 2 heterocycles. The average Bonchev–Trinajstić information content (AvgIpc) is 2.76. The SMILES string of the molecule is Cc1ncc(CNCCCN2CCCCC2)[nH]1. The number of hydrogen-bond acceptors (Lipinski definition) is 3. The number of piperidine rings is 1. The average molecular weight is 236 g/mol. The Balaban J connectivity index is 1.51. The Bertz CT molecular complexity index is 315. The summed E-state index contributed by atoms with van der Waals surface area (Å²) in [4.78, 5) is 10.0. The first-order valence-electron chi connectivity index (χ1n) is 6.78. The van der Waals surface area contributed by atoms with Gasteiger partial charge >= 0.3 is 0 Å². The van der Waals surface area contributed by atoms with E-state index < -0.39 is 0 Å². The van der Waals surface area contributed by atoms with Gasteiger partial charge in [-0.2, -0.15) is 0 Å². The van der Waals surface area contributed by atoms with E-state index in [2.05, 4.69) is 20.2 Å². The van der Waals surface area contributed by atoms with Crippen LogP contribution in [0, 0.1) is 6.92 Å². The second-order valence-electron chi connectivity index (χ2n) is 4.93. The maximum atomic E-state index is 4.19. The molecule has 4 heteroatoms. The molecule has 96 valence electrons. The normalized spacial score (nSPS) is 17.5. The van der Waals surface area contributed by atoms with Crippen LogP contribution in [0.1, 0.15) is 37.2 Å². The third-order valence-corrected chi connectivity index (χ3v) is 3.35. The summed E-state index contributed by atoms with van der Waals surface area (Å²) in [6.07, 6.45) is 7.36. The van der Waals surface area contributed by atoms with Gasteiger partial charge in [-0.1, -0.05) is 6.42 Å². The van der Waals surface area contributed by atoms with Crippen LogP contribution in [0.2, 0.25) is 0 Å². The predicted molar refractivity (Wildman–Crippen MR) is 69.9 cm³/mol. The van der Waals surface area contributed by atoms with E-state index in [0.29, 0.717) is 0 Å². The van der Waals surface area contributed by atoms with Gasteiger partial charge in [-0.05, 0) is 52.4 Å². The van der Waals surface area contributed by atoms with E-state index in [1.807, 2.05) is 13.1 Å². The lowest BCUT2D eigenvalue weighted by atomic mass is 10.1. The third-order valence-electron chi connectivity index (χ3n) is 3.35. The van der Waals surface area contributed by atoms with Gasteiger partial charge in [-0.25, -0.2) is 4.98 Å². The van der Waals surface area contributed by atoms with Gasteiger partial charge in [0.05, 0.1) is 0 Å². The highest BCUT2D eigenvalue weighted by atomic mass is 15.1. The molecule has 1 aromatic heterocycles. The van der Waals surface area contributed by atoms with Crippen LogP contribution >= 0.6 is 0 Å². The molecule has 4 nitrogen and oxygen atoms in total. The molecule has 0 atom stereocenters. The number of nitrogens with zero attached hydrogens (tertiary/aromatic N) is 2. The second kappa shape index (κ2) is 6.77. The van der Waals surface area contributed by atoms with Gasteiger partial charge in [0.25, 0.3) is 0 Å². The molecule has 0 saturated carbocycles. The van der Waals surface area contributed by atoms with Crippen molar-refractivity contribution in [3.05, 3.63) is 17.7 Å². The highest BCUT2D eigenvalue weighted by Gasteiger charge is 2.08. The van der Waals surface area contributed by atoms with Crippen molar-refractivity contribution in [2.24, 2.45) is 0 Å². The van der Waals surface area contributed by atoms with Gasteiger partial charge in [0.2, 0.25) is 0 Å². The van der Waals surface area contributed by atoms with Crippen molar-refractivity contribution in [3.8, 4) is 0 Å². The number of nitrogens with one attached hydrogen (secondary N) is 2. The molecule has 0 bridgehead atoms. The molecule has 0 unspecified atom stereocenters. The Hall–Kier alpha value is -0.870. The molecule has 1 aromatic rings. The van der Waals surface area contributed by atoms with Crippen molar-refractivity contribution in [3.63, 3.8) is 0 Å². The molecule has 0 spiro atoms. The van der Waals surface area contributed by atoms with Crippen LogP contribution in [0.5, 0.6) is 0 Å². The van der Waals surface area contributed by atoms with Gasteiger partial charge in [0, 0.05) is 18.4 Å². The van der Waals surface area contributed by atoms with Crippen LogP contribution in [0.15, 0.2) is 6.20 Å². The summed E-state index contributed by atoms with van der Waals surface area (Å²) >= 11 is 0. The van der Waals surface area contributed by atoms with Crippen molar-refractivity contribution < 1.29 is 0 Å². The van der Waals surface area contributed by atoms with Crippen LogP contribution in [-0.4, -0.2) is 41.0 Å². The quantitative estimate of drug-likeness (QED) is 0.739. The lowest BCUT2D eigenvalue weighted by Gasteiger charge is -2.26. The smallest absolute Gasteiger partial charge is 0.103 e. The molecule has 17 heavy (non-hydrogen) atoms. The first-order chi connectivity index (χ1) is 8.34. The summed E-state index contributed by atoms with van der Waals surface area (Å²) < 4.78 is 0. The second-order valence-corrected chi connectivity index (χ2v) is 4.93. The summed E-state index contributed by atoms with van der Waals surface area (Å²) in [5.41, 5.74) is 1.18. The van der Waals surface area contributed by atoms with Gasteiger partial charge < -0.3 is 15.2 Å². The number of likely N-dealkylation sites (tertiary alicyclic amines) is 1.